The van der Waals surface area contributed by atoms with Crippen LogP contribution < -0.4 is 5.32 Å². The fraction of sp³-hybridized carbons (Fsp3) is 0.632. The van der Waals surface area contributed by atoms with Gasteiger partial charge in [0.2, 0.25) is 5.91 Å². The maximum absolute atomic E-state index is 12.6. The lowest BCUT2D eigenvalue weighted by atomic mass is 9.89. The van der Waals surface area contributed by atoms with Gasteiger partial charge in [0.25, 0.3) is 0 Å². The zero-order chi connectivity index (χ0) is 15.7. The quantitative estimate of drug-likeness (QED) is 0.924. The van der Waals surface area contributed by atoms with Gasteiger partial charge in [-0.05, 0) is 51.0 Å². The lowest BCUT2D eigenvalue weighted by molar-refractivity contribution is -0.133. The highest BCUT2D eigenvalue weighted by molar-refractivity contribution is 5.76. The second-order valence-corrected chi connectivity index (χ2v) is 7.27. The number of piperidine rings is 1. The molecule has 3 unspecified atom stereocenters. The van der Waals surface area contributed by atoms with Crippen molar-refractivity contribution in [3.8, 4) is 0 Å². The molecule has 2 fully saturated rings. The lowest BCUT2D eigenvalue weighted by Gasteiger charge is -2.31. The van der Waals surface area contributed by atoms with Gasteiger partial charge in [-0.3, -0.25) is 4.79 Å². The van der Waals surface area contributed by atoms with Crippen LogP contribution in [0.5, 0.6) is 0 Å². The smallest absolute Gasteiger partial charge is 0.223 e. The molecule has 0 saturated carbocycles. The zero-order valence-corrected chi connectivity index (χ0v) is 14.0. The first-order valence-corrected chi connectivity index (χ1v) is 8.61. The fourth-order valence-electron chi connectivity index (χ4n) is 4.02. The van der Waals surface area contributed by atoms with Crippen molar-refractivity contribution in [3.05, 3.63) is 35.4 Å². The van der Waals surface area contributed by atoms with Crippen LogP contribution in [0.1, 0.15) is 56.2 Å². The molecule has 1 amide bonds. The summed E-state index contributed by atoms with van der Waals surface area (Å²) in [6, 6.07) is 9.98. The molecule has 120 valence electrons. The van der Waals surface area contributed by atoms with Crippen LogP contribution in [0, 0.1) is 12.8 Å². The number of carbonyl (C=O) groups is 1. The van der Waals surface area contributed by atoms with Gasteiger partial charge < -0.3 is 10.2 Å². The summed E-state index contributed by atoms with van der Waals surface area (Å²) in [7, 11) is 1.95. The van der Waals surface area contributed by atoms with Crippen molar-refractivity contribution >= 4 is 5.91 Å². The van der Waals surface area contributed by atoms with Gasteiger partial charge in [-0.2, -0.15) is 0 Å². The molecule has 3 atom stereocenters. The molecule has 2 heterocycles. The van der Waals surface area contributed by atoms with E-state index in [1.807, 2.05) is 11.9 Å². The normalized spacial score (nSPS) is 28.4. The van der Waals surface area contributed by atoms with E-state index in [-0.39, 0.29) is 6.04 Å². The molecule has 2 aliphatic heterocycles. The number of fused-ring (bicyclic) bond motifs is 2. The highest BCUT2D eigenvalue weighted by Gasteiger charge is 2.34. The number of rotatable bonds is 4. The first-order valence-electron chi connectivity index (χ1n) is 8.61. The van der Waals surface area contributed by atoms with Crippen LogP contribution >= 0.6 is 0 Å². The van der Waals surface area contributed by atoms with E-state index in [0.29, 0.717) is 30.3 Å². The van der Waals surface area contributed by atoms with E-state index in [9.17, 15) is 4.79 Å². The number of nitrogens with zero attached hydrogens (tertiary/aromatic N) is 1. The summed E-state index contributed by atoms with van der Waals surface area (Å²) in [5.41, 5.74) is 2.47. The van der Waals surface area contributed by atoms with Crippen molar-refractivity contribution in [2.45, 2.75) is 64.1 Å². The zero-order valence-electron chi connectivity index (χ0n) is 14.0. The summed E-state index contributed by atoms with van der Waals surface area (Å²) in [6.07, 6.45) is 5.65. The number of aryl methyl sites for hydroxylation is 1. The average molecular weight is 300 g/mol. The third-order valence-electron chi connectivity index (χ3n) is 5.57. The summed E-state index contributed by atoms with van der Waals surface area (Å²) >= 11 is 0. The van der Waals surface area contributed by atoms with Gasteiger partial charge in [-0.25, -0.2) is 0 Å². The van der Waals surface area contributed by atoms with E-state index in [1.54, 1.807) is 0 Å². The van der Waals surface area contributed by atoms with E-state index in [0.717, 1.165) is 0 Å². The van der Waals surface area contributed by atoms with Crippen molar-refractivity contribution in [1.29, 1.82) is 0 Å². The number of benzene rings is 1. The average Bonchev–Trinajstić information content (AvgIpc) is 2.85. The number of hydrogen-bond acceptors (Lipinski definition) is 2. The number of nitrogens with one attached hydrogen (secondary N) is 1. The summed E-state index contributed by atoms with van der Waals surface area (Å²) in [4.78, 5) is 14.6. The van der Waals surface area contributed by atoms with Crippen LogP contribution in [-0.4, -0.2) is 29.9 Å². The van der Waals surface area contributed by atoms with Gasteiger partial charge in [-0.1, -0.05) is 29.8 Å². The first-order chi connectivity index (χ1) is 10.5. The van der Waals surface area contributed by atoms with Gasteiger partial charge in [0.15, 0.2) is 0 Å². The first kappa shape index (κ1) is 15.5. The predicted molar refractivity (Wildman–Crippen MR) is 89.7 cm³/mol. The SMILES string of the molecule is Cc1ccc(C(C)N(C)C(=O)CC2CC3CCC(C2)N3)cc1. The van der Waals surface area contributed by atoms with Gasteiger partial charge in [0, 0.05) is 25.6 Å². The Morgan fingerprint density at radius 3 is 2.41 bits per heavy atom. The Morgan fingerprint density at radius 1 is 1.23 bits per heavy atom. The molecular formula is C19H28N2O. The Bertz CT molecular complexity index is 513. The highest BCUT2D eigenvalue weighted by atomic mass is 16.2. The third kappa shape index (κ3) is 3.35. The number of amides is 1. The molecule has 3 rings (SSSR count). The number of carbonyl (C=O) groups excluding carboxylic acids is 1. The molecule has 0 aliphatic carbocycles. The molecule has 0 spiro atoms. The molecule has 1 N–H and O–H groups in total. The van der Waals surface area contributed by atoms with Crippen molar-refractivity contribution < 1.29 is 4.79 Å². The summed E-state index contributed by atoms with van der Waals surface area (Å²) in [5, 5.41) is 3.65. The van der Waals surface area contributed by atoms with Crippen LogP contribution in [0.3, 0.4) is 0 Å². The minimum absolute atomic E-state index is 0.145. The third-order valence-corrected chi connectivity index (χ3v) is 5.57. The molecule has 3 nitrogen and oxygen atoms in total. The topological polar surface area (TPSA) is 32.3 Å². The minimum atomic E-state index is 0.145. The van der Waals surface area contributed by atoms with E-state index < -0.39 is 0 Å². The second kappa shape index (κ2) is 6.41. The van der Waals surface area contributed by atoms with Gasteiger partial charge >= 0.3 is 0 Å². The molecule has 2 aliphatic rings. The molecule has 2 bridgehead atoms. The van der Waals surface area contributed by atoms with Crippen LogP contribution in [0.2, 0.25) is 0 Å². The maximum atomic E-state index is 12.6. The van der Waals surface area contributed by atoms with Crippen LogP contribution in [-0.2, 0) is 4.79 Å². The summed E-state index contributed by atoms with van der Waals surface area (Å²) in [5.74, 6) is 0.860. The second-order valence-electron chi connectivity index (χ2n) is 7.27. The van der Waals surface area contributed by atoms with Crippen LogP contribution in [0.4, 0.5) is 0 Å². The molecule has 1 aromatic carbocycles. The van der Waals surface area contributed by atoms with Crippen LogP contribution in [0.15, 0.2) is 24.3 Å². The highest BCUT2D eigenvalue weighted by Crippen LogP contribution is 2.33. The van der Waals surface area contributed by atoms with E-state index in [4.69, 9.17) is 0 Å². The Labute approximate surface area is 134 Å². The maximum Gasteiger partial charge on any atom is 0.223 e. The molecule has 22 heavy (non-hydrogen) atoms. The van der Waals surface area contributed by atoms with Gasteiger partial charge in [0.05, 0.1) is 6.04 Å². The Hall–Kier alpha value is -1.35. The monoisotopic (exact) mass is 300 g/mol. The van der Waals surface area contributed by atoms with E-state index in [2.05, 4.69) is 43.4 Å². The fourth-order valence-corrected chi connectivity index (χ4v) is 4.02. The molecule has 0 aromatic heterocycles. The van der Waals surface area contributed by atoms with E-state index in [1.165, 1.54) is 36.8 Å². The Balaban J connectivity index is 1.58. The van der Waals surface area contributed by atoms with E-state index >= 15 is 0 Å². The summed E-state index contributed by atoms with van der Waals surface area (Å²) in [6.45, 7) is 4.21. The molecule has 0 radical (unpaired) electrons. The molecule has 3 heteroatoms. The Morgan fingerprint density at radius 2 is 1.82 bits per heavy atom. The van der Waals surface area contributed by atoms with Gasteiger partial charge in [0.1, 0.15) is 0 Å². The largest absolute Gasteiger partial charge is 0.339 e. The molecule has 1 aromatic rings. The standard InChI is InChI=1S/C19H28N2O/c1-13-4-6-16(7-5-13)14(2)21(3)19(22)12-15-10-17-8-9-18(11-15)20-17/h4-7,14-15,17-18,20H,8-12H2,1-3H3. The minimum Gasteiger partial charge on any atom is -0.339 e. The van der Waals surface area contributed by atoms with Gasteiger partial charge in [-0.15, -0.1) is 0 Å². The number of hydrogen-bond donors (Lipinski definition) is 1. The summed E-state index contributed by atoms with van der Waals surface area (Å²) < 4.78 is 0. The molecule has 2 saturated heterocycles. The van der Waals surface area contributed by atoms with Crippen LogP contribution in [0.25, 0.3) is 0 Å². The van der Waals surface area contributed by atoms with Crippen molar-refractivity contribution in [1.82, 2.24) is 10.2 Å². The van der Waals surface area contributed by atoms with Crippen molar-refractivity contribution in [2.75, 3.05) is 7.05 Å². The van der Waals surface area contributed by atoms with Crippen molar-refractivity contribution in [2.24, 2.45) is 5.92 Å². The molecular weight excluding hydrogens is 272 g/mol. The van der Waals surface area contributed by atoms with Crippen molar-refractivity contribution in [3.63, 3.8) is 0 Å². The predicted octanol–water partition coefficient (Wildman–Crippen LogP) is 3.44. The Kier molecular flexibility index (Phi) is 4.53. The lowest BCUT2D eigenvalue weighted by Crippen LogP contribution is -2.40.